The van der Waals surface area contributed by atoms with Gasteiger partial charge in [-0.15, -0.1) is 0 Å². The third-order valence-electron chi connectivity index (χ3n) is 3.64. The molecular weight excluding hydrogens is 286 g/mol. The van der Waals surface area contributed by atoms with Crippen LogP contribution in [0.1, 0.15) is 23.9 Å². The number of primary sulfonamides is 1. The SMILES string of the molecule is CCn1c(C)cc(CNc2cccc(S(N)(=O)=O)c2)c1C. The normalized spacial score (nSPS) is 11.6. The first-order valence-electron chi connectivity index (χ1n) is 6.85. The fourth-order valence-corrected chi connectivity index (χ4v) is 3.08. The Morgan fingerprint density at radius 2 is 1.95 bits per heavy atom. The zero-order chi connectivity index (χ0) is 15.6. The van der Waals surface area contributed by atoms with Crippen LogP contribution in [0.5, 0.6) is 0 Å². The van der Waals surface area contributed by atoms with Crippen molar-refractivity contribution in [1.29, 1.82) is 0 Å². The number of aromatic nitrogens is 1. The maximum Gasteiger partial charge on any atom is 0.238 e. The summed E-state index contributed by atoms with van der Waals surface area (Å²) in [6, 6.07) is 8.69. The minimum atomic E-state index is -3.67. The van der Waals surface area contributed by atoms with Crippen molar-refractivity contribution >= 4 is 15.7 Å². The van der Waals surface area contributed by atoms with E-state index in [4.69, 9.17) is 5.14 Å². The molecule has 5 nitrogen and oxygen atoms in total. The number of rotatable bonds is 5. The first kappa shape index (κ1) is 15.6. The summed E-state index contributed by atoms with van der Waals surface area (Å²) in [4.78, 5) is 0.117. The Bertz CT molecular complexity index is 748. The summed E-state index contributed by atoms with van der Waals surface area (Å²) in [5.74, 6) is 0. The van der Waals surface area contributed by atoms with Gasteiger partial charge in [0.1, 0.15) is 0 Å². The zero-order valence-corrected chi connectivity index (χ0v) is 13.4. The van der Waals surface area contributed by atoms with Gasteiger partial charge in [0.05, 0.1) is 4.90 Å². The number of sulfonamides is 1. The lowest BCUT2D eigenvalue weighted by Crippen LogP contribution is -2.12. The van der Waals surface area contributed by atoms with E-state index < -0.39 is 10.0 Å². The molecular formula is C15H21N3O2S. The second-order valence-corrected chi connectivity index (χ2v) is 6.63. The Kier molecular flexibility index (Phi) is 4.39. The highest BCUT2D eigenvalue weighted by atomic mass is 32.2. The van der Waals surface area contributed by atoms with Gasteiger partial charge in [0, 0.05) is 30.2 Å². The molecule has 0 saturated carbocycles. The van der Waals surface area contributed by atoms with E-state index in [1.54, 1.807) is 12.1 Å². The quantitative estimate of drug-likeness (QED) is 0.890. The van der Waals surface area contributed by atoms with Crippen molar-refractivity contribution in [2.75, 3.05) is 5.32 Å². The van der Waals surface area contributed by atoms with Crippen LogP contribution in [0, 0.1) is 13.8 Å². The van der Waals surface area contributed by atoms with Gasteiger partial charge >= 0.3 is 0 Å². The highest BCUT2D eigenvalue weighted by Gasteiger charge is 2.09. The summed E-state index contributed by atoms with van der Waals surface area (Å²) in [6.45, 7) is 7.88. The molecule has 0 saturated heterocycles. The summed E-state index contributed by atoms with van der Waals surface area (Å²) >= 11 is 0. The predicted octanol–water partition coefficient (Wildman–Crippen LogP) is 2.38. The van der Waals surface area contributed by atoms with Crippen molar-refractivity contribution in [1.82, 2.24) is 4.57 Å². The second-order valence-electron chi connectivity index (χ2n) is 5.07. The first-order chi connectivity index (χ1) is 9.82. The molecule has 0 atom stereocenters. The topological polar surface area (TPSA) is 77.1 Å². The summed E-state index contributed by atoms with van der Waals surface area (Å²) < 4.78 is 24.9. The molecule has 1 aromatic heterocycles. The highest BCUT2D eigenvalue weighted by molar-refractivity contribution is 7.89. The fraction of sp³-hybridized carbons (Fsp3) is 0.333. The molecule has 0 radical (unpaired) electrons. The van der Waals surface area contributed by atoms with Gasteiger partial charge in [0.2, 0.25) is 10.0 Å². The molecule has 21 heavy (non-hydrogen) atoms. The highest BCUT2D eigenvalue weighted by Crippen LogP contribution is 2.18. The van der Waals surface area contributed by atoms with E-state index >= 15 is 0 Å². The van der Waals surface area contributed by atoms with E-state index in [0.717, 1.165) is 12.2 Å². The fourth-order valence-electron chi connectivity index (χ4n) is 2.52. The number of aryl methyl sites for hydroxylation is 1. The van der Waals surface area contributed by atoms with Crippen LogP contribution in [0.15, 0.2) is 35.2 Å². The number of hydrogen-bond donors (Lipinski definition) is 2. The molecule has 1 heterocycles. The Morgan fingerprint density at radius 1 is 1.24 bits per heavy atom. The van der Waals surface area contributed by atoms with Gasteiger partial charge in [-0.2, -0.15) is 0 Å². The molecule has 0 unspecified atom stereocenters. The average molecular weight is 307 g/mol. The molecule has 0 aliphatic heterocycles. The third-order valence-corrected chi connectivity index (χ3v) is 4.55. The van der Waals surface area contributed by atoms with Gasteiger partial charge in [-0.25, -0.2) is 13.6 Å². The summed E-state index contributed by atoms with van der Waals surface area (Å²) in [5, 5.41) is 8.38. The van der Waals surface area contributed by atoms with Crippen LogP contribution >= 0.6 is 0 Å². The standard InChI is InChI=1S/C15H21N3O2S/c1-4-18-11(2)8-13(12(18)3)10-17-14-6-5-7-15(9-14)21(16,19)20/h5-9,17H,4,10H2,1-3H3,(H2,16,19,20). The average Bonchev–Trinajstić information content (AvgIpc) is 2.70. The Labute approximate surface area is 125 Å². The molecule has 3 N–H and O–H groups in total. The minimum Gasteiger partial charge on any atom is -0.381 e. The van der Waals surface area contributed by atoms with Crippen molar-refractivity contribution < 1.29 is 8.42 Å². The smallest absolute Gasteiger partial charge is 0.238 e. The van der Waals surface area contributed by atoms with E-state index in [9.17, 15) is 8.42 Å². The van der Waals surface area contributed by atoms with E-state index in [0.29, 0.717) is 6.54 Å². The van der Waals surface area contributed by atoms with Gasteiger partial charge in [0.15, 0.2) is 0 Å². The minimum absolute atomic E-state index is 0.117. The summed E-state index contributed by atoms with van der Waals surface area (Å²) in [5.41, 5.74) is 4.40. The van der Waals surface area contributed by atoms with Gasteiger partial charge in [-0.3, -0.25) is 0 Å². The Morgan fingerprint density at radius 3 is 2.52 bits per heavy atom. The van der Waals surface area contributed by atoms with E-state index in [2.05, 4.69) is 36.7 Å². The lowest BCUT2D eigenvalue weighted by molar-refractivity contribution is 0.598. The zero-order valence-electron chi connectivity index (χ0n) is 12.6. The Hall–Kier alpha value is -1.79. The molecule has 114 valence electrons. The van der Waals surface area contributed by atoms with Crippen molar-refractivity contribution in [3.8, 4) is 0 Å². The molecule has 0 spiro atoms. The van der Waals surface area contributed by atoms with Crippen molar-refractivity contribution in [2.45, 2.75) is 38.8 Å². The maximum absolute atomic E-state index is 11.3. The maximum atomic E-state index is 11.3. The van der Waals surface area contributed by atoms with Gasteiger partial charge in [-0.05, 0) is 50.6 Å². The summed E-state index contributed by atoms with van der Waals surface area (Å²) in [6.07, 6.45) is 0. The van der Waals surface area contributed by atoms with Crippen molar-refractivity contribution in [2.24, 2.45) is 5.14 Å². The Balaban J connectivity index is 2.17. The van der Waals surface area contributed by atoms with Gasteiger partial charge in [-0.1, -0.05) is 6.07 Å². The number of benzene rings is 1. The van der Waals surface area contributed by atoms with Crippen LogP contribution < -0.4 is 10.5 Å². The molecule has 6 heteroatoms. The molecule has 0 bridgehead atoms. The first-order valence-corrected chi connectivity index (χ1v) is 8.40. The van der Waals surface area contributed by atoms with Crippen LogP contribution in [-0.2, 0) is 23.1 Å². The van der Waals surface area contributed by atoms with Crippen molar-refractivity contribution in [3.05, 3.63) is 47.3 Å². The number of nitrogens with one attached hydrogen (secondary N) is 1. The van der Waals surface area contributed by atoms with E-state index in [-0.39, 0.29) is 4.90 Å². The molecule has 0 aliphatic rings. The van der Waals surface area contributed by atoms with Crippen LogP contribution in [0.2, 0.25) is 0 Å². The molecule has 2 aromatic rings. The molecule has 2 rings (SSSR count). The predicted molar refractivity (Wildman–Crippen MR) is 84.7 cm³/mol. The molecule has 0 aliphatic carbocycles. The number of nitrogens with two attached hydrogens (primary N) is 1. The van der Waals surface area contributed by atoms with E-state index in [1.165, 1.54) is 23.0 Å². The van der Waals surface area contributed by atoms with Crippen LogP contribution in [-0.4, -0.2) is 13.0 Å². The molecule has 1 aromatic carbocycles. The van der Waals surface area contributed by atoms with E-state index in [1.807, 2.05) is 6.07 Å². The van der Waals surface area contributed by atoms with Crippen molar-refractivity contribution in [3.63, 3.8) is 0 Å². The van der Waals surface area contributed by atoms with Gasteiger partial charge in [0.25, 0.3) is 0 Å². The monoisotopic (exact) mass is 307 g/mol. The number of anilines is 1. The third kappa shape index (κ3) is 3.46. The lowest BCUT2D eigenvalue weighted by atomic mass is 10.2. The largest absolute Gasteiger partial charge is 0.381 e. The molecule has 0 fully saturated rings. The lowest BCUT2D eigenvalue weighted by Gasteiger charge is -2.09. The second kappa shape index (κ2) is 5.91. The number of nitrogens with zero attached hydrogens (tertiary/aromatic N) is 1. The van der Waals surface area contributed by atoms with Crippen LogP contribution in [0.4, 0.5) is 5.69 Å². The van der Waals surface area contributed by atoms with Crippen LogP contribution in [0.3, 0.4) is 0 Å². The van der Waals surface area contributed by atoms with Gasteiger partial charge < -0.3 is 9.88 Å². The van der Waals surface area contributed by atoms with Crippen LogP contribution in [0.25, 0.3) is 0 Å². The molecule has 0 amide bonds. The summed E-state index contributed by atoms with van der Waals surface area (Å²) in [7, 11) is -3.67. The number of hydrogen-bond acceptors (Lipinski definition) is 3.